The van der Waals surface area contributed by atoms with E-state index in [0.29, 0.717) is 41.7 Å². The Kier molecular flexibility index (Phi) is 9.70. The van der Waals surface area contributed by atoms with E-state index < -0.39 is 74.2 Å². The third kappa shape index (κ3) is 6.49. The lowest BCUT2D eigenvalue weighted by Gasteiger charge is -2.43. The summed E-state index contributed by atoms with van der Waals surface area (Å²) in [5.41, 5.74) is 15.8. The Morgan fingerprint density at radius 2 is 1.94 bits per heavy atom. The van der Waals surface area contributed by atoms with Gasteiger partial charge in [0.1, 0.15) is 48.4 Å². The highest BCUT2D eigenvalue weighted by Crippen LogP contribution is 2.57. The van der Waals surface area contributed by atoms with Crippen LogP contribution in [0.1, 0.15) is 35.1 Å². The molecule has 7 rings (SSSR count). The fourth-order valence-electron chi connectivity index (χ4n) is 7.08. The molecule has 0 radical (unpaired) electrons. The van der Waals surface area contributed by atoms with Crippen LogP contribution >= 0.6 is 0 Å². The molecule has 52 heavy (non-hydrogen) atoms. The first-order valence-corrected chi connectivity index (χ1v) is 16.4. The van der Waals surface area contributed by atoms with Gasteiger partial charge in [-0.2, -0.15) is 0 Å². The molecule has 0 bridgehead atoms. The van der Waals surface area contributed by atoms with Crippen LogP contribution in [-0.2, 0) is 25.6 Å². The van der Waals surface area contributed by atoms with Gasteiger partial charge in [-0.15, -0.1) is 0 Å². The summed E-state index contributed by atoms with van der Waals surface area (Å²) in [6.07, 6.45) is -7.86. The molecule has 0 unspecified atom stereocenters. The summed E-state index contributed by atoms with van der Waals surface area (Å²) in [4.78, 5) is 29.7. The number of allylic oxidation sites excluding steroid dienone is 1. The molecule has 18 heteroatoms. The lowest BCUT2D eigenvalue weighted by atomic mass is 9.86. The first kappa shape index (κ1) is 35.5. The molecule has 5 aliphatic rings. The van der Waals surface area contributed by atoms with Gasteiger partial charge in [0.15, 0.2) is 24.4 Å². The number of esters is 1. The molecule has 9 N–H and O–H groups in total. The quantitative estimate of drug-likeness (QED) is 0.0795. The van der Waals surface area contributed by atoms with Crippen LogP contribution in [0.15, 0.2) is 52.8 Å². The number of aliphatic hydroxyl groups excluding tert-OH is 4. The van der Waals surface area contributed by atoms with E-state index in [2.05, 4.69) is 9.89 Å². The van der Waals surface area contributed by atoms with Crippen LogP contribution in [0.2, 0.25) is 0 Å². The van der Waals surface area contributed by atoms with Crippen LogP contribution in [0.5, 0.6) is 28.7 Å². The molecule has 1 saturated heterocycles. The van der Waals surface area contributed by atoms with E-state index in [9.17, 15) is 30.0 Å². The number of ether oxygens (including phenoxy) is 7. The maximum absolute atomic E-state index is 12.2. The van der Waals surface area contributed by atoms with E-state index in [1.165, 1.54) is 7.11 Å². The molecule has 2 aromatic carbocycles. The van der Waals surface area contributed by atoms with Crippen molar-refractivity contribution in [1.82, 2.24) is 4.90 Å². The fraction of sp³-hybridized carbons (Fsp3) is 0.441. The van der Waals surface area contributed by atoms with Crippen molar-refractivity contribution in [2.45, 2.75) is 68.0 Å². The Hall–Kier alpha value is -4.95. The third-order valence-electron chi connectivity index (χ3n) is 9.44. The largest absolute Gasteiger partial charge is 0.492 e. The highest BCUT2D eigenvalue weighted by molar-refractivity contribution is 5.90. The number of nitrogens with zero attached hydrogens (tertiary/aromatic N) is 2. The first-order chi connectivity index (χ1) is 25.0. The summed E-state index contributed by atoms with van der Waals surface area (Å²) in [5, 5.41) is 50.9. The van der Waals surface area contributed by atoms with Crippen molar-refractivity contribution in [1.29, 1.82) is 0 Å². The number of hydrogen-bond donors (Lipinski definition) is 7. The molecule has 2 aromatic rings. The summed E-state index contributed by atoms with van der Waals surface area (Å²) < 4.78 is 40.9. The van der Waals surface area contributed by atoms with Crippen LogP contribution < -0.4 is 35.2 Å². The highest BCUT2D eigenvalue weighted by Gasteiger charge is 2.51. The lowest BCUT2D eigenvalue weighted by molar-refractivity contribution is -0.291. The van der Waals surface area contributed by atoms with Crippen molar-refractivity contribution in [3.05, 3.63) is 64.5 Å². The number of carbonyl (C=O) groups excluding carboxylic acids is 1. The highest BCUT2D eigenvalue weighted by atomic mass is 16.7. The second-order valence-electron chi connectivity index (χ2n) is 12.8. The van der Waals surface area contributed by atoms with Gasteiger partial charge in [0.25, 0.3) is 0 Å². The summed E-state index contributed by atoms with van der Waals surface area (Å²) in [6, 6.07) is 6.82. The molecular formula is C34H38N4O14. The lowest BCUT2D eigenvalue weighted by Crippen LogP contribution is -2.66. The Morgan fingerprint density at radius 1 is 1.13 bits per heavy atom. The summed E-state index contributed by atoms with van der Waals surface area (Å²) in [7, 11) is 1.48. The van der Waals surface area contributed by atoms with Gasteiger partial charge in [0, 0.05) is 48.3 Å². The number of carbonyl (C=O) groups is 2. The van der Waals surface area contributed by atoms with Crippen LogP contribution in [-0.4, -0.2) is 119 Å². The van der Waals surface area contributed by atoms with Gasteiger partial charge in [-0.1, -0.05) is 6.07 Å². The van der Waals surface area contributed by atoms with Crippen molar-refractivity contribution in [2.75, 3.05) is 27.1 Å². The van der Waals surface area contributed by atoms with Gasteiger partial charge in [0.05, 0.1) is 31.5 Å². The van der Waals surface area contributed by atoms with Crippen molar-refractivity contribution in [3.8, 4) is 28.7 Å². The predicted molar refractivity (Wildman–Crippen MR) is 175 cm³/mol. The number of aliphatic carboxylic acids is 1. The number of nitrogens with two attached hydrogens (primary N) is 2. The number of aliphatic hydroxyl groups is 4. The molecule has 0 amide bonds. The smallest absolute Gasteiger partial charge is 0.317 e. The number of fused-ring (bicyclic) bond motifs is 6. The minimum Gasteiger partial charge on any atom is -0.492 e. The Balaban J connectivity index is 1.21. The number of hydrogen-bond acceptors (Lipinski definition) is 17. The normalized spacial score (nSPS) is 27.3. The van der Waals surface area contributed by atoms with Gasteiger partial charge in [-0.25, -0.2) is 0 Å². The molecule has 18 nitrogen and oxygen atoms in total. The van der Waals surface area contributed by atoms with Crippen LogP contribution in [0.25, 0.3) is 0 Å². The van der Waals surface area contributed by atoms with Gasteiger partial charge < -0.3 is 75.1 Å². The summed E-state index contributed by atoms with van der Waals surface area (Å²) in [6.45, 7) is 0.580. The number of carboxylic acids is 1. The van der Waals surface area contributed by atoms with Gasteiger partial charge in [0.2, 0.25) is 12.0 Å². The SMILES string of the molecule is COc1c(OCO)ccc2c1O[C@H]1c3c(CN4C=C5N=CC=C5C4)cc(O[C@@H]4O[C@H]([C@H](OC(=O)CC(=O)O)C(N)N)[C@@H](O)[C@H](O)[C@H]4O)cc3OC[C@@H]21. The molecule has 0 saturated carbocycles. The third-order valence-corrected chi connectivity index (χ3v) is 9.44. The van der Waals surface area contributed by atoms with Crippen molar-refractivity contribution >= 4 is 18.2 Å². The van der Waals surface area contributed by atoms with Gasteiger partial charge >= 0.3 is 11.9 Å². The van der Waals surface area contributed by atoms with E-state index >= 15 is 0 Å². The second-order valence-corrected chi connectivity index (χ2v) is 12.8. The maximum atomic E-state index is 12.2. The minimum atomic E-state index is -1.87. The second kappa shape index (κ2) is 14.2. The van der Waals surface area contributed by atoms with Crippen molar-refractivity contribution < 1.29 is 68.3 Å². The summed E-state index contributed by atoms with van der Waals surface area (Å²) >= 11 is 0. The number of aliphatic imine (C=N–C) groups is 1. The number of rotatable bonds is 12. The number of methoxy groups -OCH3 is 1. The zero-order chi connectivity index (χ0) is 36.8. The molecule has 0 spiro atoms. The van der Waals surface area contributed by atoms with E-state index in [0.717, 1.165) is 22.4 Å². The average molecular weight is 727 g/mol. The van der Waals surface area contributed by atoms with Crippen LogP contribution in [0.3, 0.4) is 0 Å². The zero-order valence-corrected chi connectivity index (χ0v) is 27.7. The molecule has 0 aromatic heterocycles. The minimum absolute atomic E-state index is 0.145. The molecule has 5 heterocycles. The molecule has 278 valence electrons. The van der Waals surface area contributed by atoms with Crippen LogP contribution in [0.4, 0.5) is 0 Å². The Labute approximate surface area is 296 Å². The fourth-order valence-corrected chi connectivity index (χ4v) is 7.08. The Morgan fingerprint density at radius 3 is 2.65 bits per heavy atom. The zero-order valence-electron chi connectivity index (χ0n) is 27.7. The first-order valence-electron chi connectivity index (χ1n) is 16.4. The predicted octanol–water partition coefficient (Wildman–Crippen LogP) is -0.882. The monoisotopic (exact) mass is 726 g/mol. The molecule has 5 aliphatic heterocycles. The Bertz CT molecular complexity index is 1830. The number of carboxylic acid groups (broad SMARTS) is 1. The summed E-state index contributed by atoms with van der Waals surface area (Å²) in [5.74, 6) is -1.29. The van der Waals surface area contributed by atoms with E-state index in [1.807, 2.05) is 18.3 Å². The molecule has 0 aliphatic carbocycles. The van der Waals surface area contributed by atoms with E-state index in [-0.39, 0.29) is 18.3 Å². The average Bonchev–Trinajstić information content (AvgIpc) is 3.81. The molecule has 1 fully saturated rings. The topological polar surface area (TPSA) is 268 Å². The van der Waals surface area contributed by atoms with Gasteiger partial charge in [-0.3, -0.25) is 14.6 Å². The van der Waals surface area contributed by atoms with E-state index in [4.69, 9.17) is 49.7 Å². The van der Waals surface area contributed by atoms with Crippen LogP contribution in [0, 0.1) is 0 Å². The standard InChI is InChI=1S/C34H38N4O14/c1-46-30-20(48-13-39)3-2-17-18-12-47-21-7-16(6-15(24(21)28(18)51-29(17)30)10-38-9-14-4-5-37-19(14)11-38)49-34-27(45)25(43)26(44)31(52-34)32(33(35)36)50-23(42)8-22(40)41/h2-7,11,18,25-28,31-34,39,43-45H,8-10,12-13,35-36H2,1H3,(H,40,41)/t18-,25-,26-,27+,28+,31-,32-,34+/m0/s1. The number of benzene rings is 2. The van der Waals surface area contributed by atoms with Gasteiger partial charge in [-0.05, 0) is 23.8 Å². The molecule has 8 atom stereocenters. The van der Waals surface area contributed by atoms with Crippen molar-refractivity contribution in [2.24, 2.45) is 16.5 Å². The maximum Gasteiger partial charge on any atom is 0.317 e. The molecular weight excluding hydrogens is 688 g/mol. The van der Waals surface area contributed by atoms with E-state index in [1.54, 1.807) is 24.4 Å². The van der Waals surface area contributed by atoms with Crippen molar-refractivity contribution in [3.63, 3.8) is 0 Å².